The van der Waals surface area contributed by atoms with Crippen LogP contribution in [0.2, 0.25) is 0 Å². The summed E-state index contributed by atoms with van der Waals surface area (Å²) in [5.74, 6) is -2.72. The standard InChI is InChI=1S/C16H22F2O3/c1-5-21-15(19)13(14(17)18)16(4,20)12-8-6-11(7-9-12)10(2)3/h6-10,13-14,20H,5H2,1-4H3. The smallest absolute Gasteiger partial charge is 0.318 e. The van der Waals surface area contributed by atoms with Gasteiger partial charge in [-0.1, -0.05) is 38.1 Å². The van der Waals surface area contributed by atoms with Crippen molar-refractivity contribution in [2.24, 2.45) is 5.92 Å². The zero-order chi connectivity index (χ0) is 16.2. The van der Waals surface area contributed by atoms with Gasteiger partial charge in [0.2, 0.25) is 0 Å². The minimum absolute atomic E-state index is 0.00950. The van der Waals surface area contributed by atoms with E-state index in [1.54, 1.807) is 24.3 Å². The van der Waals surface area contributed by atoms with E-state index < -0.39 is 23.9 Å². The number of hydrogen-bond acceptors (Lipinski definition) is 3. The number of halogens is 2. The van der Waals surface area contributed by atoms with Crippen LogP contribution in [0.25, 0.3) is 0 Å². The fraction of sp³-hybridized carbons (Fsp3) is 0.562. The normalized spacial score (nSPS) is 15.9. The van der Waals surface area contributed by atoms with Crippen LogP contribution in [0.4, 0.5) is 8.78 Å². The molecule has 1 N–H and O–H groups in total. The van der Waals surface area contributed by atoms with E-state index in [-0.39, 0.29) is 12.2 Å². The van der Waals surface area contributed by atoms with Gasteiger partial charge in [-0.05, 0) is 30.9 Å². The summed E-state index contributed by atoms with van der Waals surface area (Å²) in [4.78, 5) is 11.7. The van der Waals surface area contributed by atoms with E-state index in [4.69, 9.17) is 0 Å². The maximum atomic E-state index is 13.2. The highest BCUT2D eigenvalue weighted by Gasteiger charge is 2.46. The fourth-order valence-corrected chi connectivity index (χ4v) is 2.19. The van der Waals surface area contributed by atoms with Crippen LogP contribution in [-0.4, -0.2) is 24.1 Å². The third-order valence-corrected chi connectivity index (χ3v) is 3.56. The lowest BCUT2D eigenvalue weighted by Gasteiger charge is -2.31. The summed E-state index contributed by atoms with van der Waals surface area (Å²) < 4.78 is 31.1. The zero-order valence-electron chi connectivity index (χ0n) is 12.8. The highest BCUT2D eigenvalue weighted by molar-refractivity contribution is 5.74. The molecule has 0 bridgehead atoms. The first-order valence-corrected chi connectivity index (χ1v) is 6.99. The highest BCUT2D eigenvalue weighted by Crippen LogP contribution is 2.35. The molecule has 21 heavy (non-hydrogen) atoms. The molecule has 0 aliphatic rings. The van der Waals surface area contributed by atoms with Gasteiger partial charge >= 0.3 is 5.97 Å². The number of ether oxygens (including phenoxy) is 1. The molecular formula is C16H22F2O3. The molecule has 5 heteroatoms. The topological polar surface area (TPSA) is 46.5 Å². The number of rotatable bonds is 6. The molecule has 2 unspecified atom stereocenters. The molecule has 1 rings (SSSR count). The first-order valence-electron chi connectivity index (χ1n) is 6.99. The second kappa shape index (κ2) is 6.98. The molecule has 0 spiro atoms. The van der Waals surface area contributed by atoms with Crippen molar-refractivity contribution in [1.82, 2.24) is 0 Å². The Balaban J connectivity index is 3.12. The van der Waals surface area contributed by atoms with Crippen molar-refractivity contribution in [2.75, 3.05) is 6.61 Å². The van der Waals surface area contributed by atoms with E-state index in [0.29, 0.717) is 5.92 Å². The number of esters is 1. The third kappa shape index (κ3) is 4.00. The third-order valence-electron chi connectivity index (χ3n) is 3.56. The van der Waals surface area contributed by atoms with E-state index >= 15 is 0 Å². The lowest BCUT2D eigenvalue weighted by atomic mass is 9.82. The molecule has 0 aliphatic heterocycles. The van der Waals surface area contributed by atoms with Crippen molar-refractivity contribution in [2.45, 2.75) is 45.6 Å². The molecule has 0 amide bonds. The molecule has 0 fully saturated rings. The molecule has 0 aromatic heterocycles. The predicted octanol–water partition coefficient (Wildman–Crippen LogP) is 3.46. The minimum Gasteiger partial charge on any atom is -0.466 e. The maximum absolute atomic E-state index is 13.2. The van der Waals surface area contributed by atoms with E-state index in [9.17, 15) is 18.7 Å². The summed E-state index contributed by atoms with van der Waals surface area (Å²) in [5.41, 5.74) is -0.694. The molecule has 118 valence electrons. The Labute approximate surface area is 123 Å². The maximum Gasteiger partial charge on any atom is 0.318 e. The molecule has 0 radical (unpaired) electrons. The SMILES string of the molecule is CCOC(=O)C(C(F)F)C(C)(O)c1ccc(C(C)C)cc1. The Kier molecular flexibility index (Phi) is 5.84. The fourth-order valence-electron chi connectivity index (χ4n) is 2.19. The molecule has 3 nitrogen and oxygen atoms in total. The average Bonchev–Trinajstić information content (AvgIpc) is 2.38. The largest absolute Gasteiger partial charge is 0.466 e. The summed E-state index contributed by atoms with van der Waals surface area (Å²) in [7, 11) is 0. The van der Waals surface area contributed by atoms with Crippen LogP contribution < -0.4 is 0 Å². The van der Waals surface area contributed by atoms with E-state index in [1.807, 2.05) is 13.8 Å². The molecule has 0 heterocycles. The van der Waals surface area contributed by atoms with Crippen LogP contribution in [-0.2, 0) is 15.1 Å². The molecule has 1 aromatic rings. The van der Waals surface area contributed by atoms with Crippen molar-refractivity contribution in [3.05, 3.63) is 35.4 Å². The second-order valence-electron chi connectivity index (χ2n) is 5.49. The Hall–Kier alpha value is -1.49. The molecular weight excluding hydrogens is 278 g/mol. The molecule has 0 aliphatic carbocycles. The van der Waals surface area contributed by atoms with Crippen LogP contribution in [0.3, 0.4) is 0 Å². The molecule has 2 atom stereocenters. The minimum atomic E-state index is -3.01. The Morgan fingerprint density at radius 3 is 2.19 bits per heavy atom. The Bertz CT molecular complexity index is 467. The Morgan fingerprint density at radius 2 is 1.81 bits per heavy atom. The van der Waals surface area contributed by atoms with Crippen LogP contribution in [0.1, 0.15) is 44.7 Å². The van der Waals surface area contributed by atoms with Gasteiger partial charge in [0, 0.05) is 0 Å². The highest BCUT2D eigenvalue weighted by atomic mass is 19.3. The first kappa shape index (κ1) is 17.6. The van der Waals surface area contributed by atoms with Gasteiger partial charge in [0.05, 0.1) is 6.61 Å². The van der Waals surface area contributed by atoms with Crippen molar-refractivity contribution in [1.29, 1.82) is 0 Å². The predicted molar refractivity (Wildman–Crippen MR) is 76.2 cm³/mol. The molecule has 0 saturated carbocycles. The average molecular weight is 300 g/mol. The summed E-state index contributed by atoms with van der Waals surface area (Å²) in [6.07, 6.45) is -3.01. The number of carbonyl (C=O) groups is 1. The first-order chi connectivity index (χ1) is 9.71. The van der Waals surface area contributed by atoms with E-state index in [0.717, 1.165) is 5.56 Å². The zero-order valence-corrected chi connectivity index (χ0v) is 12.8. The van der Waals surface area contributed by atoms with Crippen LogP contribution in [0, 0.1) is 5.92 Å². The van der Waals surface area contributed by atoms with E-state index in [2.05, 4.69) is 4.74 Å². The number of carbonyl (C=O) groups excluding carboxylic acids is 1. The van der Waals surface area contributed by atoms with Gasteiger partial charge in [-0.25, -0.2) is 8.78 Å². The van der Waals surface area contributed by atoms with Gasteiger partial charge in [0.1, 0.15) is 11.5 Å². The van der Waals surface area contributed by atoms with Gasteiger partial charge in [0.25, 0.3) is 6.43 Å². The van der Waals surface area contributed by atoms with Gasteiger partial charge in [-0.15, -0.1) is 0 Å². The monoisotopic (exact) mass is 300 g/mol. The lowest BCUT2D eigenvalue weighted by molar-refractivity contribution is -0.169. The second-order valence-corrected chi connectivity index (χ2v) is 5.49. The summed E-state index contributed by atoms with van der Waals surface area (Å²) in [6.45, 7) is 6.75. The van der Waals surface area contributed by atoms with Crippen molar-refractivity contribution in [3.63, 3.8) is 0 Å². The molecule has 0 saturated heterocycles. The number of benzene rings is 1. The van der Waals surface area contributed by atoms with Gasteiger partial charge < -0.3 is 9.84 Å². The van der Waals surface area contributed by atoms with Crippen LogP contribution in [0.15, 0.2) is 24.3 Å². The van der Waals surface area contributed by atoms with Crippen LogP contribution in [0.5, 0.6) is 0 Å². The molecule has 1 aromatic carbocycles. The van der Waals surface area contributed by atoms with E-state index in [1.165, 1.54) is 13.8 Å². The number of alkyl halides is 2. The van der Waals surface area contributed by atoms with Crippen molar-refractivity contribution >= 4 is 5.97 Å². The summed E-state index contributed by atoms with van der Waals surface area (Å²) in [5, 5.41) is 10.5. The number of aliphatic hydroxyl groups is 1. The summed E-state index contributed by atoms with van der Waals surface area (Å²) >= 11 is 0. The number of hydrogen-bond donors (Lipinski definition) is 1. The quantitative estimate of drug-likeness (QED) is 0.818. The lowest BCUT2D eigenvalue weighted by Crippen LogP contribution is -2.42. The summed E-state index contributed by atoms with van der Waals surface area (Å²) in [6, 6.07) is 6.68. The van der Waals surface area contributed by atoms with Crippen molar-refractivity contribution in [3.8, 4) is 0 Å². The van der Waals surface area contributed by atoms with Gasteiger partial charge in [0.15, 0.2) is 0 Å². The Morgan fingerprint density at radius 1 is 1.29 bits per heavy atom. The van der Waals surface area contributed by atoms with Gasteiger partial charge in [-0.3, -0.25) is 4.79 Å². The van der Waals surface area contributed by atoms with Gasteiger partial charge in [-0.2, -0.15) is 0 Å². The van der Waals surface area contributed by atoms with Crippen LogP contribution >= 0.6 is 0 Å². The van der Waals surface area contributed by atoms with Crippen molar-refractivity contribution < 1.29 is 23.4 Å².